The molecule has 0 aliphatic rings. The first kappa shape index (κ1) is 27.9. The van der Waals surface area contributed by atoms with E-state index in [-0.39, 0.29) is 11.3 Å². The average Bonchev–Trinajstić information content (AvgIpc) is 2.80. The number of amides is 2. The van der Waals surface area contributed by atoms with Gasteiger partial charge in [-0.1, -0.05) is 37.3 Å². The van der Waals surface area contributed by atoms with Crippen molar-refractivity contribution in [3.05, 3.63) is 66.0 Å². The Balaban J connectivity index is 2.46. The molecule has 4 N–H and O–H groups in total. The third-order valence-corrected chi connectivity index (χ3v) is 6.75. The Labute approximate surface area is 198 Å². The molecular weight excluding hydrogens is 494 g/mol. The van der Waals surface area contributed by atoms with E-state index in [2.05, 4.69) is 5.32 Å². The highest BCUT2D eigenvalue weighted by atomic mass is 32.2. The van der Waals surface area contributed by atoms with E-state index in [1.807, 2.05) is 5.32 Å². The molecule has 0 aliphatic heterocycles. The van der Waals surface area contributed by atoms with Crippen LogP contribution in [0.3, 0.4) is 0 Å². The Morgan fingerprint density at radius 3 is 2.03 bits per heavy atom. The maximum absolute atomic E-state index is 13.9. The Kier molecular flexibility index (Phi) is 9.10. The molecule has 0 aliphatic carbocycles. The second-order valence-corrected chi connectivity index (χ2v) is 9.57. The molecule has 0 fully saturated rings. The zero-order valence-corrected chi connectivity index (χ0v) is 19.2. The quantitative estimate of drug-likeness (QED) is 0.307. The molecule has 0 saturated carbocycles. The van der Waals surface area contributed by atoms with Crippen molar-refractivity contribution in [1.82, 2.24) is 10.6 Å². The number of Topliss-reactive ketones (excluding diaryl/α,β-unsaturated/α-hetero) is 1. The number of hydrogen-bond acceptors (Lipinski definition) is 6. The fourth-order valence-electron chi connectivity index (χ4n) is 3.18. The van der Waals surface area contributed by atoms with Gasteiger partial charge in [-0.3, -0.25) is 19.7 Å². The van der Waals surface area contributed by atoms with Crippen LogP contribution in [-0.2, 0) is 24.2 Å². The number of hydrogen-bond donors (Lipinski definition) is 3. The summed E-state index contributed by atoms with van der Waals surface area (Å²) in [5.41, 5.74) is 4.46. The lowest BCUT2D eigenvalue weighted by atomic mass is 10.0. The third kappa shape index (κ3) is 7.59. The van der Waals surface area contributed by atoms with E-state index >= 15 is 0 Å². The van der Waals surface area contributed by atoms with E-state index in [0.717, 1.165) is 24.3 Å². The topological polar surface area (TPSA) is 135 Å². The van der Waals surface area contributed by atoms with Crippen LogP contribution in [0, 0.1) is 5.82 Å². The van der Waals surface area contributed by atoms with Crippen LogP contribution < -0.4 is 16.4 Å². The van der Waals surface area contributed by atoms with Crippen molar-refractivity contribution in [2.45, 2.75) is 42.5 Å². The van der Waals surface area contributed by atoms with Gasteiger partial charge in [0, 0.05) is 0 Å². The van der Waals surface area contributed by atoms with Gasteiger partial charge in [-0.15, -0.1) is 0 Å². The van der Waals surface area contributed by atoms with Gasteiger partial charge in [0.15, 0.2) is 9.84 Å². The van der Waals surface area contributed by atoms with E-state index in [9.17, 15) is 40.4 Å². The number of alkyl halides is 3. The van der Waals surface area contributed by atoms with E-state index < -0.39 is 68.9 Å². The highest BCUT2D eigenvalue weighted by Gasteiger charge is 2.44. The molecule has 190 valence electrons. The Morgan fingerprint density at radius 1 is 0.971 bits per heavy atom. The number of nitrogens with one attached hydrogen (secondary N) is 2. The number of carbonyl (C=O) groups excluding carboxylic acids is 3. The summed E-state index contributed by atoms with van der Waals surface area (Å²) in [6, 6.07) is 3.91. The summed E-state index contributed by atoms with van der Waals surface area (Å²) in [6.45, 7) is 1.41. The van der Waals surface area contributed by atoms with Crippen LogP contribution >= 0.6 is 0 Å². The first-order valence-corrected chi connectivity index (χ1v) is 11.9. The smallest absolute Gasteiger partial charge is 0.363 e. The molecule has 2 rings (SSSR count). The summed E-state index contributed by atoms with van der Waals surface area (Å²) in [7, 11) is -4.29. The van der Waals surface area contributed by atoms with Crippen LogP contribution in [0.2, 0.25) is 0 Å². The van der Waals surface area contributed by atoms with E-state index in [0.29, 0.717) is 0 Å². The average molecular weight is 518 g/mol. The summed E-state index contributed by atoms with van der Waals surface area (Å²) in [6.07, 6.45) is -5.15. The zero-order valence-electron chi connectivity index (χ0n) is 18.4. The van der Waals surface area contributed by atoms with Gasteiger partial charge >= 0.3 is 6.18 Å². The molecule has 3 unspecified atom stereocenters. The molecule has 2 aromatic carbocycles. The number of carbonyl (C=O) groups is 3. The van der Waals surface area contributed by atoms with Gasteiger partial charge in [0.2, 0.25) is 11.7 Å². The molecule has 2 aromatic rings. The second-order valence-electron chi connectivity index (χ2n) is 7.54. The van der Waals surface area contributed by atoms with Crippen molar-refractivity contribution in [3.63, 3.8) is 0 Å². The molecule has 0 aromatic heterocycles. The molecule has 0 saturated heterocycles. The summed E-state index contributed by atoms with van der Waals surface area (Å²) in [5, 5.41) is 4.08. The van der Waals surface area contributed by atoms with Crippen LogP contribution in [0.15, 0.2) is 59.5 Å². The first-order valence-electron chi connectivity index (χ1n) is 10.3. The van der Waals surface area contributed by atoms with Gasteiger partial charge in [-0.25, -0.2) is 12.8 Å². The zero-order chi connectivity index (χ0) is 26.4. The van der Waals surface area contributed by atoms with Gasteiger partial charge in [-0.05, 0) is 36.2 Å². The highest BCUT2D eigenvalue weighted by Crippen LogP contribution is 2.33. The van der Waals surface area contributed by atoms with E-state index in [4.69, 9.17) is 5.73 Å². The van der Waals surface area contributed by atoms with Crippen molar-refractivity contribution < 1.29 is 40.4 Å². The second kappa shape index (κ2) is 11.4. The van der Waals surface area contributed by atoms with Gasteiger partial charge in [0.25, 0.3) is 5.91 Å². The van der Waals surface area contributed by atoms with Gasteiger partial charge in [0.1, 0.15) is 17.9 Å². The van der Waals surface area contributed by atoms with Crippen molar-refractivity contribution in [2.75, 3.05) is 5.75 Å². The summed E-state index contributed by atoms with van der Waals surface area (Å²) in [4.78, 5) is 35.8. The lowest BCUT2D eigenvalue weighted by molar-refractivity contribution is -0.160. The predicted octanol–water partition coefficient (Wildman–Crippen LogP) is 1.81. The molecule has 0 radical (unpaired) electrons. The normalized spacial score (nSPS) is 14.5. The fourth-order valence-corrected chi connectivity index (χ4v) is 4.63. The molecule has 0 spiro atoms. The standard InChI is InChI=1S/C22H23F4N3O5S/c1-2-16(18(30)20(27)31)29-21(32)17(12-35(33,34)15-6-4-3-5-7-15)28-19(22(24,25)26)13-8-10-14(23)11-9-13/h3-11,16-17,19,28H,2,12H2,1H3,(H2,27,31)(H,29,32). The number of nitrogens with two attached hydrogens (primary N) is 1. The van der Waals surface area contributed by atoms with Crippen LogP contribution in [-0.4, -0.2) is 50.0 Å². The minimum Gasteiger partial charge on any atom is -0.363 e. The van der Waals surface area contributed by atoms with Gasteiger partial charge < -0.3 is 11.1 Å². The first-order chi connectivity index (χ1) is 16.3. The number of benzene rings is 2. The fraction of sp³-hybridized carbons (Fsp3) is 0.318. The number of halogens is 4. The number of sulfone groups is 1. The molecule has 0 bridgehead atoms. The molecule has 13 heteroatoms. The number of ketones is 1. The molecule has 2 amide bonds. The Hall–Kier alpha value is -3.32. The maximum Gasteiger partial charge on any atom is 0.407 e. The largest absolute Gasteiger partial charge is 0.407 e. The lowest BCUT2D eigenvalue weighted by Crippen LogP contribution is -2.56. The van der Waals surface area contributed by atoms with E-state index in [1.165, 1.54) is 37.3 Å². The van der Waals surface area contributed by atoms with Crippen molar-refractivity contribution in [3.8, 4) is 0 Å². The highest BCUT2D eigenvalue weighted by molar-refractivity contribution is 7.91. The summed E-state index contributed by atoms with van der Waals surface area (Å²) in [5.74, 6) is -5.76. The predicted molar refractivity (Wildman–Crippen MR) is 117 cm³/mol. The Bertz CT molecular complexity index is 1160. The molecular formula is C22H23F4N3O5S. The van der Waals surface area contributed by atoms with Crippen LogP contribution in [0.1, 0.15) is 24.9 Å². The van der Waals surface area contributed by atoms with Crippen LogP contribution in [0.5, 0.6) is 0 Å². The molecule has 8 nitrogen and oxygen atoms in total. The number of rotatable bonds is 11. The minimum absolute atomic E-state index is 0.133. The summed E-state index contributed by atoms with van der Waals surface area (Å²) >= 11 is 0. The van der Waals surface area contributed by atoms with Crippen molar-refractivity contribution >= 4 is 27.4 Å². The van der Waals surface area contributed by atoms with Gasteiger partial charge in [0.05, 0.1) is 16.7 Å². The van der Waals surface area contributed by atoms with E-state index in [1.54, 1.807) is 0 Å². The maximum atomic E-state index is 13.9. The summed E-state index contributed by atoms with van der Waals surface area (Å²) < 4.78 is 80.7. The van der Waals surface area contributed by atoms with Crippen molar-refractivity contribution in [2.24, 2.45) is 5.73 Å². The lowest BCUT2D eigenvalue weighted by Gasteiger charge is -2.28. The molecule has 3 atom stereocenters. The minimum atomic E-state index is -5.01. The monoisotopic (exact) mass is 517 g/mol. The van der Waals surface area contributed by atoms with Crippen LogP contribution in [0.4, 0.5) is 17.6 Å². The molecule has 35 heavy (non-hydrogen) atoms. The number of primary amides is 1. The Morgan fingerprint density at radius 2 is 1.54 bits per heavy atom. The third-order valence-electron chi connectivity index (χ3n) is 4.99. The van der Waals surface area contributed by atoms with Gasteiger partial charge in [-0.2, -0.15) is 13.2 Å². The van der Waals surface area contributed by atoms with Crippen molar-refractivity contribution in [1.29, 1.82) is 0 Å². The molecule has 0 heterocycles. The van der Waals surface area contributed by atoms with Crippen LogP contribution in [0.25, 0.3) is 0 Å². The SMILES string of the molecule is CCC(NC(=O)C(CS(=O)(=O)c1ccccc1)NC(c1ccc(F)cc1)C(F)(F)F)C(=O)C(N)=O.